The third-order valence-corrected chi connectivity index (χ3v) is 4.98. The number of benzene rings is 1. The Kier molecular flexibility index (Phi) is 11.1. The maximum atomic E-state index is 12.3. The predicted molar refractivity (Wildman–Crippen MR) is 128 cm³/mol. The van der Waals surface area contributed by atoms with E-state index < -0.39 is 6.10 Å². The van der Waals surface area contributed by atoms with E-state index in [1.54, 1.807) is 19.1 Å². The average Bonchev–Trinajstić information content (AvgIpc) is 2.62. The Hall–Kier alpha value is -2.59. The number of hydrogen-bond donors (Lipinski definition) is 3. The molecule has 31 heavy (non-hydrogen) atoms. The molecular weight excluding hydrogens is 388 g/mol. The van der Waals surface area contributed by atoms with Crippen molar-refractivity contribution in [1.82, 2.24) is 0 Å². The lowest BCUT2D eigenvalue weighted by Crippen LogP contribution is -2.03. The first-order valence-corrected chi connectivity index (χ1v) is 10.8. The second-order valence-electron chi connectivity index (χ2n) is 8.76. The van der Waals surface area contributed by atoms with Crippen molar-refractivity contribution in [3.63, 3.8) is 0 Å². The molecule has 1 rings (SSSR count). The standard InChI is InChI=1S/C27H38O4/c1-18(2)12-24(28)13-19(3)8-7-9-20(4)14-25(29)15-21(5)10-11-23-17-26(30)16-22(6)27(23)31/h8,10,12,14,16-17,24,28,30-31H,7,9,11,13,15H2,1-6H3/b19-8+,20-14+,21-10+/t24-/m0/s1. The molecule has 0 bridgehead atoms. The van der Waals surface area contributed by atoms with Gasteiger partial charge in [0.2, 0.25) is 0 Å². The Balaban J connectivity index is 2.55. The van der Waals surface area contributed by atoms with Gasteiger partial charge in [0.1, 0.15) is 11.5 Å². The Morgan fingerprint density at radius 1 is 1.00 bits per heavy atom. The molecule has 4 heteroatoms. The summed E-state index contributed by atoms with van der Waals surface area (Å²) in [6.45, 7) is 11.6. The van der Waals surface area contributed by atoms with Crippen LogP contribution in [0.5, 0.6) is 11.5 Å². The van der Waals surface area contributed by atoms with Gasteiger partial charge in [-0.15, -0.1) is 0 Å². The van der Waals surface area contributed by atoms with E-state index >= 15 is 0 Å². The quantitative estimate of drug-likeness (QED) is 0.222. The summed E-state index contributed by atoms with van der Waals surface area (Å²) in [5.41, 5.74) is 5.50. The Morgan fingerprint density at radius 3 is 2.32 bits per heavy atom. The first kappa shape index (κ1) is 26.4. The minimum atomic E-state index is -0.445. The van der Waals surface area contributed by atoms with Crippen molar-refractivity contribution < 1.29 is 20.1 Å². The summed E-state index contributed by atoms with van der Waals surface area (Å²) < 4.78 is 0. The zero-order valence-corrected chi connectivity index (χ0v) is 19.8. The molecule has 0 aliphatic rings. The van der Waals surface area contributed by atoms with E-state index in [0.717, 1.165) is 35.1 Å². The molecule has 0 saturated carbocycles. The molecule has 0 aliphatic heterocycles. The van der Waals surface area contributed by atoms with E-state index in [1.807, 2.05) is 46.8 Å². The van der Waals surface area contributed by atoms with Gasteiger partial charge in [-0.05, 0) is 91.0 Å². The van der Waals surface area contributed by atoms with Gasteiger partial charge in [-0.2, -0.15) is 0 Å². The van der Waals surface area contributed by atoms with E-state index in [2.05, 4.69) is 6.08 Å². The molecular formula is C27H38O4. The molecule has 170 valence electrons. The van der Waals surface area contributed by atoms with Crippen molar-refractivity contribution in [3.8, 4) is 11.5 Å². The molecule has 0 saturated heterocycles. The van der Waals surface area contributed by atoms with E-state index in [1.165, 1.54) is 6.07 Å². The highest BCUT2D eigenvalue weighted by atomic mass is 16.3. The number of ketones is 1. The lowest BCUT2D eigenvalue weighted by molar-refractivity contribution is -0.114. The van der Waals surface area contributed by atoms with Gasteiger partial charge < -0.3 is 15.3 Å². The van der Waals surface area contributed by atoms with Crippen molar-refractivity contribution >= 4 is 5.78 Å². The van der Waals surface area contributed by atoms with Gasteiger partial charge in [-0.3, -0.25) is 4.79 Å². The number of aliphatic hydroxyl groups is 1. The molecule has 0 aromatic heterocycles. The van der Waals surface area contributed by atoms with Crippen molar-refractivity contribution in [1.29, 1.82) is 0 Å². The second kappa shape index (κ2) is 13.0. The fourth-order valence-electron chi connectivity index (χ4n) is 3.42. The van der Waals surface area contributed by atoms with Crippen LogP contribution in [0.4, 0.5) is 0 Å². The first-order chi connectivity index (χ1) is 14.5. The number of aliphatic hydroxyl groups excluding tert-OH is 1. The zero-order chi connectivity index (χ0) is 23.6. The largest absolute Gasteiger partial charge is 0.508 e. The van der Waals surface area contributed by atoms with Crippen LogP contribution in [0.3, 0.4) is 0 Å². The van der Waals surface area contributed by atoms with Crippen molar-refractivity contribution in [2.24, 2.45) is 0 Å². The average molecular weight is 427 g/mol. The van der Waals surface area contributed by atoms with Crippen LogP contribution in [0.15, 0.2) is 58.7 Å². The molecule has 0 amide bonds. The van der Waals surface area contributed by atoms with Crippen molar-refractivity contribution in [3.05, 3.63) is 69.9 Å². The maximum Gasteiger partial charge on any atom is 0.159 e. The van der Waals surface area contributed by atoms with Crippen LogP contribution in [-0.4, -0.2) is 27.2 Å². The van der Waals surface area contributed by atoms with Gasteiger partial charge in [0.15, 0.2) is 5.78 Å². The predicted octanol–water partition coefficient (Wildman–Crippen LogP) is 6.24. The lowest BCUT2D eigenvalue weighted by atomic mass is 10.0. The molecule has 1 aromatic rings. The number of aryl methyl sites for hydroxylation is 1. The lowest BCUT2D eigenvalue weighted by Gasteiger charge is -2.07. The van der Waals surface area contributed by atoms with E-state index in [4.69, 9.17) is 0 Å². The van der Waals surface area contributed by atoms with Gasteiger partial charge in [-0.1, -0.05) is 40.5 Å². The summed E-state index contributed by atoms with van der Waals surface area (Å²) in [4.78, 5) is 12.3. The monoisotopic (exact) mass is 426 g/mol. The van der Waals surface area contributed by atoms with Crippen LogP contribution in [-0.2, 0) is 11.2 Å². The summed E-state index contributed by atoms with van der Waals surface area (Å²) in [5.74, 6) is 0.365. The minimum absolute atomic E-state index is 0.0576. The Labute approximate surface area is 187 Å². The Bertz CT molecular complexity index is 881. The van der Waals surface area contributed by atoms with Crippen molar-refractivity contribution in [2.45, 2.75) is 79.8 Å². The summed E-state index contributed by atoms with van der Waals surface area (Å²) >= 11 is 0. The summed E-state index contributed by atoms with van der Waals surface area (Å²) in [6.07, 6.45) is 10.2. The molecule has 0 heterocycles. The first-order valence-electron chi connectivity index (χ1n) is 10.8. The molecule has 4 nitrogen and oxygen atoms in total. The van der Waals surface area contributed by atoms with Gasteiger partial charge in [-0.25, -0.2) is 0 Å². The number of rotatable bonds is 11. The number of aromatic hydroxyl groups is 2. The van der Waals surface area contributed by atoms with Gasteiger partial charge in [0, 0.05) is 12.0 Å². The van der Waals surface area contributed by atoms with Crippen LogP contribution in [0.25, 0.3) is 0 Å². The summed E-state index contributed by atoms with van der Waals surface area (Å²) in [7, 11) is 0. The zero-order valence-electron chi connectivity index (χ0n) is 19.8. The third kappa shape index (κ3) is 10.8. The summed E-state index contributed by atoms with van der Waals surface area (Å²) in [6, 6.07) is 3.07. The molecule has 0 unspecified atom stereocenters. The van der Waals surface area contributed by atoms with Crippen LogP contribution < -0.4 is 0 Å². The molecule has 3 N–H and O–H groups in total. The smallest absolute Gasteiger partial charge is 0.159 e. The highest BCUT2D eigenvalue weighted by Crippen LogP contribution is 2.28. The third-order valence-electron chi connectivity index (χ3n) is 4.98. The Morgan fingerprint density at radius 2 is 1.68 bits per heavy atom. The SMILES string of the molecule is CC(C)=C[C@H](O)C/C(C)=C/CC/C(C)=C/C(=O)C/C(C)=C/Cc1cc(O)cc(C)c1O. The molecule has 1 aromatic carbocycles. The minimum Gasteiger partial charge on any atom is -0.508 e. The topological polar surface area (TPSA) is 77.8 Å². The number of carbonyl (C=O) groups excluding carboxylic acids is 1. The summed E-state index contributed by atoms with van der Waals surface area (Å²) in [5, 5.41) is 29.8. The van der Waals surface area contributed by atoms with Crippen LogP contribution in [0.2, 0.25) is 0 Å². The van der Waals surface area contributed by atoms with E-state index in [-0.39, 0.29) is 17.3 Å². The fourth-order valence-corrected chi connectivity index (χ4v) is 3.42. The molecule has 0 fully saturated rings. The van der Waals surface area contributed by atoms with Gasteiger partial charge >= 0.3 is 0 Å². The second-order valence-corrected chi connectivity index (χ2v) is 8.76. The highest BCUT2D eigenvalue weighted by Gasteiger charge is 2.07. The van der Waals surface area contributed by atoms with Crippen LogP contribution >= 0.6 is 0 Å². The number of hydrogen-bond acceptors (Lipinski definition) is 4. The molecule has 0 spiro atoms. The number of allylic oxidation sites excluding steroid dienone is 6. The molecule has 0 aliphatic carbocycles. The van der Waals surface area contributed by atoms with Gasteiger partial charge in [0.25, 0.3) is 0 Å². The molecule has 1 atom stereocenters. The number of phenols is 2. The highest BCUT2D eigenvalue weighted by molar-refractivity contribution is 5.91. The maximum absolute atomic E-state index is 12.3. The van der Waals surface area contributed by atoms with Gasteiger partial charge in [0.05, 0.1) is 6.10 Å². The fraction of sp³-hybridized carbons (Fsp3) is 0.444. The van der Waals surface area contributed by atoms with E-state index in [0.29, 0.717) is 30.4 Å². The van der Waals surface area contributed by atoms with Crippen molar-refractivity contribution in [2.75, 3.05) is 0 Å². The molecule has 0 radical (unpaired) electrons. The van der Waals surface area contributed by atoms with Crippen LogP contribution in [0, 0.1) is 6.92 Å². The normalized spacial score (nSPS) is 13.8. The number of carbonyl (C=O) groups is 1. The number of phenolic OH excluding ortho intramolecular Hbond substituents is 2. The van der Waals surface area contributed by atoms with E-state index in [9.17, 15) is 20.1 Å². The van der Waals surface area contributed by atoms with Crippen LogP contribution in [0.1, 0.15) is 71.4 Å².